The maximum Gasteiger partial charge on any atom is 0.316 e. The van der Waals surface area contributed by atoms with Crippen LogP contribution < -0.4 is 0 Å². The molecule has 2 fully saturated rings. The van der Waals surface area contributed by atoms with Crippen LogP contribution >= 0.6 is 0 Å². The van der Waals surface area contributed by atoms with E-state index >= 15 is 0 Å². The number of hydrogen-bond donors (Lipinski definition) is 0. The van der Waals surface area contributed by atoms with Crippen molar-refractivity contribution in [3.8, 4) is 0 Å². The van der Waals surface area contributed by atoms with Crippen molar-refractivity contribution in [2.45, 2.75) is 50.6 Å². The molecule has 2 saturated carbocycles. The summed E-state index contributed by atoms with van der Waals surface area (Å²) in [6.07, 6.45) is 18.4. The lowest BCUT2D eigenvalue weighted by Gasteiger charge is -2.32. The van der Waals surface area contributed by atoms with Gasteiger partial charge in [-0.1, -0.05) is 24.3 Å². The first-order valence-electron chi connectivity index (χ1n) is 9.68. The van der Waals surface area contributed by atoms with Gasteiger partial charge < -0.3 is 8.23 Å². The molecule has 0 spiro atoms. The van der Waals surface area contributed by atoms with Crippen LogP contribution in [-0.2, 0) is 8.23 Å². The first-order valence-corrected chi connectivity index (χ1v) is 13.5. The van der Waals surface area contributed by atoms with Crippen molar-refractivity contribution in [1.82, 2.24) is 0 Å². The van der Waals surface area contributed by atoms with Gasteiger partial charge >= 0.3 is 8.56 Å². The Morgan fingerprint density at radius 1 is 0.739 bits per heavy atom. The minimum absolute atomic E-state index is 0.853. The molecule has 0 N–H and O–H groups in total. The van der Waals surface area contributed by atoms with Gasteiger partial charge in [-0.05, 0) is 86.1 Å². The third kappa shape index (κ3) is 3.27. The molecule has 4 rings (SSSR count). The van der Waals surface area contributed by atoms with Crippen LogP contribution in [-0.4, -0.2) is 29.5 Å². The monoisotopic (exact) mass is 364 g/mol. The van der Waals surface area contributed by atoms with E-state index < -0.39 is 8.56 Å². The summed E-state index contributed by atoms with van der Waals surface area (Å²) >= 11 is 0. The van der Waals surface area contributed by atoms with E-state index in [0.29, 0.717) is 0 Å². The van der Waals surface area contributed by atoms with Gasteiger partial charge in [0, 0.05) is 0 Å². The van der Waals surface area contributed by atoms with Crippen molar-refractivity contribution < 1.29 is 8.23 Å². The quantitative estimate of drug-likeness (QED) is 0.486. The predicted octanol–water partition coefficient (Wildman–Crippen LogP) is 2.23. The lowest BCUT2D eigenvalue weighted by atomic mass is 9.91. The van der Waals surface area contributed by atoms with Gasteiger partial charge in [0.1, 0.15) is 21.0 Å². The van der Waals surface area contributed by atoms with Crippen molar-refractivity contribution >= 4 is 29.5 Å². The summed E-state index contributed by atoms with van der Waals surface area (Å²) < 4.78 is 12.4. The molecule has 0 amide bonds. The van der Waals surface area contributed by atoms with Gasteiger partial charge in [0.2, 0.25) is 0 Å². The van der Waals surface area contributed by atoms with Gasteiger partial charge in [0.15, 0.2) is 0 Å². The highest BCUT2D eigenvalue weighted by atomic mass is 28.4. The Bertz CT molecular complexity index is 449. The molecule has 6 unspecified atom stereocenters. The lowest BCUT2D eigenvalue weighted by molar-refractivity contribution is 0.361. The summed E-state index contributed by atoms with van der Waals surface area (Å²) in [4.78, 5) is 0. The smallest absolute Gasteiger partial charge is 0.316 e. The molecule has 0 aromatic rings. The molecule has 0 radical (unpaired) electrons. The maximum absolute atomic E-state index is 6.22. The van der Waals surface area contributed by atoms with E-state index in [1.54, 1.807) is 0 Å². The van der Waals surface area contributed by atoms with Crippen LogP contribution in [0.3, 0.4) is 0 Å². The molecular formula is C18H32O2Si3. The molecule has 2 nitrogen and oxygen atoms in total. The zero-order chi connectivity index (χ0) is 15.9. The molecule has 0 aromatic heterocycles. The van der Waals surface area contributed by atoms with Crippen molar-refractivity contribution in [2.75, 3.05) is 0 Å². The lowest BCUT2D eigenvalue weighted by Crippen LogP contribution is -2.42. The molecule has 5 heteroatoms. The summed E-state index contributed by atoms with van der Waals surface area (Å²) in [5.41, 5.74) is 0. The Balaban J connectivity index is 1.30. The average Bonchev–Trinajstić information content (AvgIpc) is 3.36. The molecule has 23 heavy (non-hydrogen) atoms. The van der Waals surface area contributed by atoms with Gasteiger partial charge in [0.05, 0.1) is 0 Å². The standard InChI is InChI=1S/C18H32O2Si3/c21-19-23(20-22,7-5-17-11-13-1-3-15(17)9-13)8-6-18-12-14-2-4-16(18)10-14/h1-4,13-18H,5-12H2,21-22H3. The second-order valence-corrected chi connectivity index (χ2v) is 14.6. The van der Waals surface area contributed by atoms with Gasteiger partial charge in [-0.15, -0.1) is 0 Å². The molecule has 128 valence electrons. The number of allylic oxidation sites excluding steroid dienone is 4. The van der Waals surface area contributed by atoms with Crippen LogP contribution in [0.5, 0.6) is 0 Å². The Hall–Kier alpha value is 0.0506. The van der Waals surface area contributed by atoms with E-state index in [-0.39, 0.29) is 0 Å². The fraction of sp³-hybridized carbons (Fsp3) is 0.778. The van der Waals surface area contributed by atoms with Crippen LogP contribution in [0.4, 0.5) is 0 Å². The summed E-state index contributed by atoms with van der Waals surface area (Å²) in [7, 11) is -0.152. The van der Waals surface area contributed by atoms with Gasteiger partial charge in [-0.3, -0.25) is 0 Å². The fourth-order valence-corrected chi connectivity index (χ4v) is 13.2. The molecule has 0 saturated heterocycles. The first kappa shape index (κ1) is 16.5. The van der Waals surface area contributed by atoms with Gasteiger partial charge in [-0.25, -0.2) is 0 Å². The zero-order valence-corrected chi connectivity index (χ0v) is 19.7. The molecule has 0 heterocycles. The third-order valence-electron chi connectivity index (χ3n) is 7.37. The maximum atomic E-state index is 6.22. The van der Waals surface area contributed by atoms with Crippen molar-refractivity contribution in [1.29, 1.82) is 0 Å². The fourth-order valence-electron chi connectivity index (χ4n) is 5.88. The van der Waals surface area contributed by atoms with Gasteiger partial charge in [0.25, 0.3) is 0 Å². The molecule has 4 aliphatic carbocycles. The summed E-state index contributed by atoms with van der Waals surface area (Å²) in [6.45, 7) is 0. The summed E-state index contributed by atoms with van der Waals surface area (Å²) in [6, 6.07) is 2.52. The Morgan fingerprint density at radius 3 is 1.52 bits per heavy atom. The van der Waals surface area contributed by atoms with Crippen LogP contribution in [0.1, 0.15) is 38.5 Å². The van der Waals surface area contributed by atoms with E-state index in [1.807, 2.05) is 0 Å². The average molecular weight is 365 g/mol. The Morgan fingerprint density at radius 2 is 1.22 bits per heavy atom. The number of rotatable bonds is 8. The molecular weight excluding hydrogens is 332 g/mol. The number of hydrogen-bond acceptors (Lipinski definition) is 2. The zero-order valence-electron chi connectivity index (χ0n) is 14.7. The summed E-state index contributed by atoms with van der Waals surface area (Å²) in [5.74, 6) is 5.41. The SMILES string of the molecule is [SiH3]O[Si](CCC1CC2C=CC1C2)(CCC1CC2C=CC1C2)O[SiH3]. The largest absolute Gasteiger partial charge is 0.445 e. The third-order valence-corrected chi connectivity index (χ3v) is 15.4. The van der Waals surface area contributed by atoms with Crippen LogP contribution in [0.15, 0.2) is 24.3 Å². The minimum atomic E-state index is -1.86. The number of fused-ring (bicyclic) bond motifs is 4. The molecule has 0 aliphatic heterocycles. The normalized spacial score (nSPS) is 43.0. The van der Waals surface area contributed by atoms with Crippen LogP contribution in [0.2, 0.25) is 12.1 Å². The second-order valence-electron chi connectivity index (χ2n) is 8.48. The summed E-state index contributed by atoms with van der Waals surface area (Å²) in [5, 5.41) is 0. The Kier molecular flexibility index (Phi) is 4.85. The molecule has 0 aromatic carbocycles. The van der Waals surface area contributed by atoms with E-state index in [2.05, 4.69) is 24.3 Å². The van der Waals surface area contributed by atoms with Crippen LogP contribution in [0, 0.1) is 35.5 Å². The second kappa shape index (κ2) is 6.75. The van der Waals surface area contributed by atoms with Crippen molar-refractivity contribution in [3.63, 3.8) is 0 Å². The Labute approximate surface area is 148 Å². The topological polar surface area (TPSA) is 18.5 Å². The first-order chi connectivity index (χ1) is 11.2. The van der Waals surface area contributed by atoms with Gasteiger partial charge in [-0.2, -0.15) is 0 Å². The highest BCUT2D eigenvalue weighted by molar-refractivity contribution is 6.72. The highest BCUT2D eigenvalue weighted by Crippen LogP contribution is 2.48. The van der Waals surface area contributed by atoms with E-state index in [4.69, 9.17) is 8.23 Å². The molecule has 4 aliphatic rings. The predicted molar refractivity (Wildman–Crippen MR) is 104 cm³/mol. The van der Waals surface area contributed by atoms with E-state index in [9.17, 15) is 0 Å². The van der Waals surface area contributed by atoms with Crippen molar-refractivity contribution in [2.24, 2.45) is 35.5 Å². The van der Waals surface area contributed by atoms with Crippen molar-refractivity contribution in [3.05, 3.63) is 24.3 Å². The highest BCUT2D eigenvalue weighted by Gasteiger charge is 2.42. The minimum Gasteiger partial charge on any atom is -0.445 e. The molecule has 6 atom stereocenters. The van der Waals surface area contributed by atoms with E-state index in [0.717, 1.165) is 56.5 Å². The van der Waals surface area contributed by atoms with E-state index in [1.165, 1.54) is 50.6 Å². The molecule has 4 bridgehead atoms. The van der Waals surface area contributed by atoms with Crippen LogP contribution in [0.25, 0.3) is 0 Å².